The Labute approximate surface area is 209 Å². The number of anilines is 1. The van der Waals surface area contributed by atoms with Crippen LogP contribution in [0.15, 0.2) is 121 Å². The number of rotatable bonds is 5. The molecule has 2 heterocycles. The van der Waals surface area contributed by atoms with Gasteiger partial charge in [-0.1, -0.05) is 103 Å². The fourth-order valence-electron chi connectivity index (χ4n) is 4.93. The number of allylic oxidation sites excluding steroid dienone is 1. The number of nitrogens with zero attached hydrogens (tertiary/aromatic N) is 2. The van der Waals surface area contributed by atoms with Crippen molar-refractivity contribution in [2.45, 2.75) is 19.6 Å². The molecular formula is C31H25N3O2. The molecule has 0 saturated heterocycles. The fourth-order valence-corrected chi connectivity index (χ4v) is 4.93. The molecule has 5 nitrogen and oxygen atoms in total. The van der Waals surface area contributed by atoms with Crippen molar-refractivity contribution in [1.29, 1.82) is 0 Å². The summed E-state index contributed by atoms with van der Waals surface area (Å²) < 4.78 is 7.74. The predicted octanol–water partition coefficient (Wildman–Crippen LogP) is 6.74. The summed E-state index contributed by atoms with van der Waals surface area (Å²) in [6, 6.07) is 33.9. The van der Waals surface area contributed by atoms with Crippen LogP contribution in [-0.4, -0.2) is 15.7 Å². The van der Waals surface area contributed by atoms with Gasteiger partial charge in [-0.15, -0.1) is 0 Å². The number of carbonyl (C=O) groups excluding carboxylic acids is 1. The second-order valence-electron chi connectivity index (χ2n) is 8.91. The summed E-state index contributed by atoms with van der Waals surface area (Å²) in [5, 5.41) is 10.4. The highest BCUT2D eigenvalue weighted by Crippen LogP contribution is 2.42. The number of carbonyl (C=O) groups is 1. The third kappa shape index (κ3) is 3.85. The average Bonchev–Trinajstić information content (AvgIpc) is 3.35. The van der Waals surface area contributed by atoms with Gasteiger partial charge in [0, 0.05) is 11.3 Å². The van der Waals surface area contributed by atoms with Crippen LogP contribution in [0.1, 0.15) is 24.1 Å². The minimum absolute atomic E-state index is 0.208. The van der Waals surface area contributed by atoms with Gasteiger partial charge in [-0.05, 0) is 34.4 Å². The Morgan fingerprint density at radius 3 is 2.39 bits per heavy atom. The molecule has 1 atom stereocenters. The molecule has 0 aliphatic carbocycles. The minimum atomic E-state index is -0.437. The Morgan fingerprint density at radius 2 is 1.58 bits per heavy atom. The summed E-state index contributed by atoms with van der Waals surface area (Å²) in [7, 11) is 0. The van der Waals surface area contributed by atoms with E-state index < -0.39 is 6.04 Å². The molecule has 5 heteroatoms. The van der Waals surface area contributed by atoms with Crippen LogP contribution < -0.4 is 5.32 Å². The SMILES string of the molecule is CC1=C(C(=O)OCc2ccccc2)C(c2cccc3ccccc23)n2ncc(-c3ccccc3)c2N1. The van der Waals surface area contributed by atoms with E-state index in [0.717, 1.165) is 44.5 Å². The minimum Gasteiger partial charge on any atom is -0.457 e. The van der Waals surface area contributed by atoms with Gasteiger partial charge in [-0.2, -0.15) is 5.10 Å². The van der Waals surface area contributed by atoms with Crippen LogP contribution in [-0.2, 0) is 16.1 Å². The van der Waals surface area contributed by atoms with Gasteiger partial charge in [0.25, 0.3) is 0 Å². The monoisotopic (exact) mass is 471 g/mol. The maximum atomic E-state index is 13.6. The second-order valence-corrected chi connectivity index (χ2v) is 8.91. The van der Waals surface area contributed by atoms with Gasteiger partial charge in [0.15, 0.2) is 0 Å². The Balaban J connectivity index is 1.48. The first kappa shape index (κ1) is 21.9. The molecule has 6 rings (SSSR count). The number of hydrogen-bond acceptors (Lipinski definition) is 4. The highest BCUT2D eigenvalue weighted by molar-refractivity contribution is 5.96. The number of fused-ring (bicyclic) bond motifs is 2. The molecular weight excluding hydrogens is 446 g/mol. The lowest BCUT2D eigenvalue weighted by Crippen LogP contribution is -2.29. The lowest BCUT2D eigenvalue weighted by molar-refractivity contribution is -0.140. The molecule has 1 aromatic heterocycles. The molecule has 1 aliphatic heterocycles. The first-order valence-corrected chi connectivity index (χ1v) is 12.0. The van der Waals surface area contributed by atoms with Crippen molar-refractivity contribution in [2.75, 3.05) is 5.32 Å². The molecule has 1 N–H and O–H groups in total. The lowest BCUT2D eigenvalue weighted by Gasteiger charge is -2.30. The molecule has 0 bridgehead atoms. The molecule has 0 amide bonds. The second kappa shape index (κ2) is 9.19. The largest absolute Gasteiger partial charge is 0.457 e. The Morgan fingerprint density at radius 1 is 0.889 bits per heavy atom. The fraction of sp³-hybridized carbons (Fsp3) is 0.0968. The summed E-state index contributed by atoms with van der Waals surface area (Å²) in [5.41, 5.74) is 5.31. The highest BCUT2D eigenvalue weighted by Gasteiger charge is 2.36. The van der Waals surface area contributed by atoms with Gasteiger partial charge >= 0.3 is 5.97 Å². The number of ether oxygens (including phenoxy) is 1. The van der Waals surface area contributed by atoms with Crippen molar-refractivity contribution in [3.05, 3.63) is 132 Å². The number of benzene rings is 4. The van der Waals surface area contributed by atoms with E-state index in [1.807, 2.05) is 84.5 Å². The van der Waals surface area contributed by atoms with Gasteiger partial charge < -0.3 is 10.1 Å². The van der Waals surface area contributed by atoms with E-state index in [9.17, 15) is 4.79 Å². The van der Waals surface area contributed by atoms with E-state index in [1.54, 1.807) is 0 Å². The van der Waals surface area contributed by atoms with E-state index >= 15 is 0 Å². The van der Waals surface area contributed by atoms with Gasteiger partial charge in [0.1, 0.15) is 18.5 Å². The molecule has 36 heavy (non-hydrogen) atoms. The molecule has 1 aliphatic rings. The quantitative estimate of drug-likeness (QED) is 0.289. The summed E-state index contributed by atoms with van der Waals surface area (Å²) >= 11 is 0. The van der Waals surface area contributed by atoms with Crippen LogP contribution in [0.4, 0.5) is 5.82 Å². The third-order valence-corrected chi connectivity index (χ3v) is 6.66. The van der Waals surface area contributed by atoms with Crippen molar-refractivity contribution >= 4 is 22.6 Å². The van der Waals surface area contributed by atoms with Gasteiger partial charge in [-0.3, -0.25) is 0 Å². The predicted molar refractivity (Wildman–Crippen MR) is 142 cm³/mol. The van der Waals surface area contributed by atoms with E-state index in [-0.39, 0.29) is 12.6 Å². The van der Waals surface area contributed by atoms with Crippen molar-refractivity contribution in [3.63, 3.8) is 0 Å². The van der Waals surface area contributed by atoms with Crippen molar-refractivity contribution in [3.8, 4) is 11.1 Å². The van der Waals surface area contributed by atoms with Crippen LogP contribution in [0.5, 0.6) is 0 Å². The van der Waals surface area contributed by atoms with E-state index in [4.69, 9.17) is 9.84 Å². The molecule has 0 radical (unpaired) electrons. The van der Waals surface area contributed by atoms with E-state index in [0.29, 0.717) is 5.57 Å². The molecule has 5 aromatic rings. The third-order valence-electron chi connectivity index (χ3n) is 6.66. The van der Waals surface area contributed by atoms with Gasteiger partial charge in [0.2, 0.25) is 0 Å². The molecule has 0 spiro atoms. The highest BCUT2D eigenvalue weighted by atomic mass is 16.5. The number of esters is 1. The van der Waals surface area contributed by atoms with Crippen LogP contribution in [0.3, 0.4) is 0 Å². The molecule has 4 aromatic carbocycles. The maximum Gasteiger partial charge on any atom is 0.338 e. The average molecular weight is 472 g/mol. The van der Waals surface area contributed by atoms with E-state index in [2.05, 4.69) is 41.7 Å². The van der Waals surface area contributed by atoms with Crippen molar-refractivity contribution < 1.29 is 9.53 Å². The zero-order chi connectivity index (χ0) is 24.5. The van der Waals surface area contributed by atoms with Crippen LogP contribution in [0.2, 0.25) is 0 Å². The normalized spacial score (nSPS) is 14.9. The Hall–Kier alpha value is -4.64. The van der Waals surface area contributed by atoms with Gasteiger partial charge in [-0.25, -0.2) is 9.48 Å². The molecule has 0 saturated carbocycles. The zero-order valence-electron chi connectivity index (χ0n) is 19.9. The van der Waals surface area contributed by atoms with Crippen molar-refractivity contribution in [1.82, 2.24) is 9.78 Å². The zero-order valence-corrected chi connectivity index (χ0v) is 19.9. The smallest absolute Gasteiger partial charge is 0.338 e. The first-order valence-electron chi connectivity index (χ1n) is 12.0. The van der Waals surface area contributed by atoms with Crippen LogP contribution >= 0.6 is 0 Å². The van der Waals surface area contributed by atoms with Crippen LogP contribution in [0, 0.1) is 0 Å². The van der Waals surface area contributed by atoms with Crippen LogP contribution in [0.25, 0.3) is 21.9 Å². The summed E-state index contributed by atoms with van der Waals surface area (Å²) in [5.74, 6) is 0.500. The molecule has 1 unspecified atom stereocenters. The number of aromatic nitrogens is 2. The lowest BCUT2D eigenvalue weighted by atomic mass is 9.91. The summed E-state index contributed by atoms with van der Waals surface area (Å²) in [4.78, 5) is 13.6. The number of hydrogen-bond donors (Lipinski definition) is 1. The van der Waals surface area contributed by atoms with E-state index in [1.165, 1.54) is 0 Å². The summed E-state index contributed by atoms with van der Waals surface area (Å²) in [6.07, 6.45) is 1.86. The molecule has 176 valence electrons. The maximum absolute atomic E-state index is 13.6. The molecule has 0 fully saturated rings. The van der Waals surface area contributed by atoms with Gasteiger partial charge in [0.05, 0.1) is 11.8 Å². The topological polar surface area (TPSA) is 56.2 Å². The van der Waals surface area contributed by atoms with Crippen molar-refractivity contribution in [2.24, 2.45) is 0 Å². The first-order chi connectivity index (χ1) is 17.7. The Bertz CT molecular complexity index is 1580. The summed E-state index contributed by atoms with van der Waals surface area (Å²) in [6.45, 7) is 2.14. The standard InChI is InChI=1S/C31H25N3O2/c1-21-28(31(35)36-20-22-11-4-2-5-12-22)29(26-18-10-16-23-15-8-9-17-25(23)26)34-30(33-21)27(19-32-34)24-13-6-3-7-14-24/h2-19,29,33H,20H2,1H3. The number of nitrogens with one attached hydrogen (secondary N) is 1. The Kier molecular flexibility index (Phi) is 5.58.